The Morgan fingerprint density at radius 2 is 1.64 bits per heavy atom. The minimum atomic E-state index is 0.277. The van der Waals surface area contributed by atoms with Crippen molar-refractivity contribution in [2.24, 2.45) is 4.99 Å². The van der Waals surface area contributed by atoms with E-state index in [1.807, 2.05) is 30.3 Å². The Kier molecular flexibility index (Phi) is 5.17. The van der Waals surface area contributed by atoms with Crippen molar-refractivity contribution in [2.45, 2.75) is 0 Å². The standard InChI is InChI=1S/C9H5Br2Cl2N/c10-7(11)9(13)14-8(12)6-4-2-1-3-5-6/h1-5H/b14-8-. The molecule has 0 aliphatic carbocycles. The molecule has 0 aliphatic heterocycles. The van der Waals surface area contributed by atoms with E-state index in [2.05, 4.69) is 36.9 Å². The van der Waals surface area contributed by atoms with Crippen LogP contribution in [0.2, 0.25) is 0 Å². The molecule has 0 aromatic heterocycles. The smallest absolute Gasteiger partial charge is 0.152 e. The summed E-state index contributed by atoms with van der Waals surface area (Å²) in [4.78, 5) is 3.98. The van der Waals surface area contributed by atoms with E-state index in [0.29, 0.717) is 8.56 Å². The number of nitrogens with zero attached hydrogens (tertiary/aromatic N) is 1. The molecule has 0 N–H and O–H groups in total. The maximum Gasteiger partial charge on any atom is 0.152 e. The molecular formula is C9H5Br2Cl2N. The third kappa shape index (κ3) is 3.73. The van der Waals surface area contributed by atoms with Gasteiger partial charge in [0.25, 0.3) is 0 Å². The number of rotatable bonds is 2. The molecular weight excluding hydrogens is 353 g/mol. The maximum atomic E-state index is 5.93. The van der Waals surface area contributed by atoms with E-state index >= 15 is 0 Å². The largest absolute Gasteiger partial charge is 0.222 e. The highest BCUT2D eigenvalue weighted by Gasteiger charge is 2.01. The summed E-state index contributed by atoms with van der Waals surface area (Å²) in [5.74, 6) is 0. The Morgan fingerprint density at radius 1 is 1.07 bits per heavy atom. The summed E-state index contributed by atoms with van der Waals surface area (Å²) in [5.41, 5.74) is 0.827. The molecule has 0 unspecified atom stereocenters. The molecule has 0 aliphatic rings. The Morgan fingerprint density at radius 3 is 2.14 bits per heavy atom. The first-order chi connectivity index (χ1) is 6.61. The Balaban J connectivity index is 2.97. The average Bonchev–Trinajstić information content (AvgIpc) is 2.19. The van der Waals surface area contributed by atoms with Gasteiger partial charge in [0.05, 0.1) is 3.39 Å². The Hall–Kier alpha value is 0.170. The number of benzene rings is 1. The molecule has 1 rings (SSSR count). The Bertz CT molecular complexity index is 370. The van der Waals surface area contributed by atoms with E-state index in [4.69, 9.17) is 23.2 Å². The first kappa shape index (κ1) is 12.2. The molecule has 0 atom stereocenters. The first-order valence-corrected chi connectivity index (χ1v) is 5.96. The third-order valence-corrected chi connectivity index (χ3v) is 3.15. The molecule has 14 heavy (non-hydrogen) atoms. The number of hydrogen-bond acceptors (Lipinski definition) is 1. The first-order valence-electron chi connectivity index (χ1n) is 3.61. The summed E-state index contributed by atoms with van der Waals surface area (Å²) in [5, 5.41) is 0.630. The van der Waals surface area contributed by atoms with E-state index < -0.39 is 0 Å². The molecule has 0 amide bonds. The molecule has 1 nitrogen and oxygen atoms in total. The van der Waals surface area contributed by atoms with Gasteiger partial charge in [-0.3, -0.25) is 0 Å². The molecule has 0 radical (unpaired) electrons. The zero-order valence-corrected chi connectivity index (χ0v) is 11.5. The van der Waals surface area contributed by atoms with Gasteiger partial charge in [0, 0.05) is 5.56 Å². The summed E-state index contributed by atoms with van der Waals surface area (Å²) < 4.78 is 0.570. The van der Waals surface area contributed by atoms with Crippen molar-refractivity contribution >= 4 is 60.2 Å². The van der Waals surface area contributed by atoms with Crippen LogP contribution in [0.25, 0.3) is 0 Å². The minimum Gasteiger partial charge on any atom is -0.222 e. The van der Waals surface area contributed by atoms with Crippen molar-refractivity contribution in [2.75, 3.05) is 0 Å². The molecule has 1 aromatic rings. The molecule has 0 heterocycles. The number of hydrogen-bond donors (Lipinski definition) is 0. The van der Waals surface area contributed by atoms with E-state index in [1.54, 1.807) is 0 Å². The van der Waals surface area contributed by atoms with Crippen LogP contribution in [0.1, 0.15) is 5.56 Å². The van der Waals surface area contributed by atoms with Crippen LogP contribution in [-0.4, -0.2) is 5.17 Å². The van der Waals surface area contributed by atoms with Crippen LogP contribution in [0.4, 0.5) is 0 Å². The average molecular weight is 358 g/mol. The second-order valence-electron chi connectivity index (χ2n) is 2.32. The SMILES string of the molecule is ClC(/N=C(\Cl)c1ccccc1)=C(Br)Br. The topological polar surface area (TPSA) is 12.4 Å². The van der Waals surface area contributed by atoms with E-state index in [1.165, 1.54) is 0 Å². The molecule has 5 heteroatoms. The molecule has 74 valence electrons. The summed E-state index contributed by atoms with van der Waals surface area (Å²) in [6.45, 7) is 0. The van der Waals surface area contributed by atoms with E-state index in [-0.39, 0.29) is 5.16 Å². The third-order valence-electron chi connectivity index (χ3n) is 1.36. The lowest BCUT2D eigenvalue weighted by molar-refractivity contribution is 1.52. The van der Waals surface area contributed by atoms with Crippen molar-refractivity contribution < 1.29 is 0 Å². The fraction of sp³-hybridized carbons (Fsp3) is 0. The number of aliphatic imine (C=N–C) groups is 1. The van der Waals surface area contributed by atoms with Crippen molar-refractivity contribution in [1.82, 2.24) is 0 Å². The molecule has 1 aromatic carbocycles. The predicted octanol–water partition coefficient (Wildman–Crippen LogP) is 4.83. The van der Waals surface area contributed by atoms with Crippen LogP contribution >= 0.6 is 55.1 Å². The monoisotopic (exact) mass is 355 g/mol. The molecule has 0 fully saturated rings. The lowest BCUT2D eigenvalue weighted by Crippen LogP contribution is -1.89. The van der Waals surface area contributed by atoms with Crippen molar-refractivity contribution in [3.05, 3.63) is 44.4 Å². The van der Waals surface area contributed by atoms with Gasteiger partial charge in [-0.25, -0.2) is 4.99 Å². The highest BCUT2D eigenvalue weighted by molar-refractivity contribution is 9.28. The van der Waals surface area contributed by atoms with Gasteiger partial charge in [-0.1, -0.05) is 53.5 Å². The van der Waals surface area contributed by atoms with Crippen LogP contribution in [0.15, 0.2) is 43.9 Å². The van der Waals surface area contributed by atoms with Crippen molar-refractivity contribution in [3.8, 4) is 0 Å². The van der Waals surface area contributed by atoms with Crippen LogP contribution in [0.3, 0.4) is 0 Å². The molecule has 0 bridgehead atoms. The van der Waals surface area contributed by atoms with E-state index in [9.17, 15) is 0 Å². The van der Waals surface area contributed by atoms with E-state index in [0.717, 1.165) is 5.56 Å². The van der Waals surface area contributed by atoms with Crippen molar-refractivity contribution in [1.29, 1.82) is 0 Å². The minimum absolute atomic E-state index is 0.277. The normalized spacial score (nSPS) is 11.3. The predicted molar refractivity (Wildman–Crippen MR) is 69.6 cm³/mol. The highest BCUT2D eigenvalue weighted by atomic mass is 79.9. The van der Waals surface area contributed by atoms with Crippen LogP contribution in [-0.2, 0) is 0 Å². The quantitative estimate of drug-likeness (QED) is 0.531. The van der Waals surface area contributed by atoms with Gasteiger partial charge in [0.2, 0.25) is 0 Å². The van der Waals surface area contributed by atoms with Gasteiger partial charge in [-0.15, -0.1) is 0 Å². The molecule has 0 saturated carbocycles. The van der Waals surface area contributed by atoms with Gasteiger partial charge in [0.15, 0.2) is 5.16 Å². The van der Waals surface area contributed by atoms with Gasteiger partial charge in [-0.2, -0.15) is 0 Å². The lowest BCUT2D eigenvalue weighted by atomic mass is 10.2. The molecule has 0 spiro atoms. The van der Waals surface area contributed by atoms with Crippen molar-refractivity contribution in [3.63, 3.8) is 0 Å². The zero-order valence-electron chi connectivity index (χ0n) is 6.85. The summed E-state index contributed by atoms with van der Waals surface area (Å²) in [7, 11) is 0. The summed E-state index contributed by atoms with van der Waals surface area (Å²) >= 11 is 18.0. The van der Waals surface area contributed by atoms with Crippen LogP contribution in [0, 0.1) is 0 Å². The van der Waals surface area contributed by atoms with Gasteiger partial charge in [0.1, 0.15) is 5.17 Å². The second kappa shape index (κ2) is 5.91. The van der Waals surface area contributed by atoms with Gasteiger partial charge >= 0.3 is 0 Å². The maximum absolute atomic E-state index is 5.93. The summed E-state index contributed by atoms with van der Waals surface area (Å²) in [6, 6.07) is 9.39. The fourth-order valence-electron chi connectivity index (χ4n) is 0.769. The highest BCUT2D eigenvalue weighted by Crippen LogP contribution is 2.24. The summed E-state index contributed by atoms with van der Waals surface area (Å²) in [6.07, 6.45) is 0. The zero-order chi connectivity index (χ0) is 10.6. The second-order valence-corrected chi connectivity index (χ2v) is 5.69. The van der Waals surface area contributed by atoms with Gasteiger partial charge in [-0.05, 0) is 31.9 Å². The van der Waals surface area contributed by atoms with Gasteiger partial charge < -0.3 is 0 Å². The Labute approximate surface area is 109 Å². The molecule has 0 saturated heterocycles. The fourth-order valence-corrected chi connectivity index (χ4v) is 1.28. The van der Waals surface area contributed by atoms with Crippen LogP contribution < -0.4 is 0 Å². The number of halogens is 4. The lowest BCUT2D eigenvalue weighted by Gasteiger charge is -1.97. The van der Waals surface area contributed by atoms with Crippen LogP contribution in [0.5, 0.6) is 0 Å².